The molecule has 0 radical (unpaired) electrons. The minimum atomic E-state index is 0.554. The van der Waals surface area contributed by atoms with Crippen LogP contribution in [-0.4, -0.2) is 40.0 Å². The number of rotatable bonds is 2. The van der Waals surface area contributed by atoms with Gasteiger partial charge in [-0.2, -0.15) is 0 Å². The molecule has 2 aliphatic rings. The maximum atomic E-state index is 4.45. The number of piperidine rings is 1. The summed E-state index contributed by atoms with van der Waals surface area (Å²) in [5.74, 6) is 1.02. The lowest BCUT2D eigenvalue weighted by atomic mass is 9.99. The summed E-state index contributed by atoms with van der Waals surface area (Å²) in [6.45, 7) is 2.51. The number of nitrogens with zero attached hydrogens (tertiary/aromatic N) is 3. The van der Waals surface area contributed by atoms with Gasteiger partial charge in [0.15, 0.2) is 0 Å². The van der Waals surface area contributed by atoms with Crippen LogP contribution < -0.4 is 5.32 Å². The van der Waals surface area contributed by atoms with Gasteiger partial charge in [-0.15, -0.1) is 11.3 Å². The average Bonchev–Trinajstić information content (AvgIpc) is 3.06. The summed E-state index contributed by atoms with van der Waals surface area (Å²) >= 11 is 1.68. The zero-order valence-electron chi connectivity index (χ0n) is 10.9. The Kier molecular flexibility index (Phi) is 2.89. The number of fused-ring (bicyclic) bond motifs is 2. The molecule has 4 rings (SSSR count). The van der Waals surface area contributed by atoms with Crippen LogP contribution in [-0.2, 0) is 0 Å². The summed E-state index contributed by atoms with van der Waals surface area (Å²) in [6.07, 6.45) is 6.98. The van der Waals surface area contributed by atoms with Gasteiger partial charge in [0.05, 0.1) is 5.39 Å². The average molecular weight is 274 g/mol. The first-order valence-corrected chi connectivity index (χ1v) is 7.98. The molecule has 2 aromatic heterocycles. The van der Waals surface area contributed by atoms with Crippen LogP contribution in [0.25, 0.3) is 10.2 Å². The third-order valence-electron chi connectivity index (χ3n) is 4.44. The monoisotopic (exact) mass is 274 g/mol. The second-order valence-corrected chi connectivity index (χ2v) is 6.39. The third-order valence-corrected chi connectivity index (χ3v) is 5.26. The molecule has 19 heavy (non-hydrogen) atoms. The third kappa shape index (κ3) is 2.01. The van der Waals surface area contributed by atoms with Gasteiger partial charge in [-0.3, -0.25) is 4.90 Å². The van der Waals surface area contributed by atoms with Crippen LogP contribution in [0.5, 0.6) is 0 Å². The Bertz CT molecular complexity index is 582. The molecule has 2 atom stereocenters. The van der Waals surface area contributed by atoms with Gasteiger partial charge in [0, 0.05) is 18.6 Å². The van der Waals surface area contributed by atoms with Gasteiger partial charge >= 0.3 is 0 Å². The Hall–Kier alpha value is -1.20. The lowest BCUT2D eigenvalue weighted by Crippen LogP contribution is -2.41. The van der Waals surface area contributed by atoms with Gasteiger partial charge in [0.25, 0.3) is 0 Å². The maximum absolute atomic E-state index is 4.45. The fourth-order valence-electron chi connectivity index (χ4n) is 3.50. The van der Waals surface area contributed by atoms with Gasteiger partial charge in [0.1, 0.15) is 17.0 Å². The van der Waals surface area contributed by atoms with Crippen LogP contribution in [0.2, 0.25) is 0 Å². The lowest BCUT2D eigenvalue weighted by Gasteiger charge is -2.32. The summed E-state index contributed by atoms with van der Waals surface area (Å²) in [5, 5.41) is 6.94. The van der Waals surface area contributed by atoms with Crippen molar-refractivity contribution in [2.24, 2.45) is 0 Å². The largest absolute Gasteiger partial charge is 0.365 e. The van der Waals surface area contributed by atoms with Crippen molar-refractivity contribution < 1.29 is 0 Å². The van der Waals surface area contributed by atoms with Crippen LogP contribution in [0.3, 0.4) is 0 Å². The van der Waals surface area contributed by atoms with Crippen LogP contribution in [0.15, 0.2) is 17.8 Å². The molecule has 0 bridgehead atoms. The van der Waals surface area contributed by atoms with Crippen molar-refractivity contribution in [1.29, 1.82) is 0 Å². The first-order valence-electron chi connectivity index (χ1n) is 7.10. The summed E-state index contributed by atoms with van der Waals surface area (Å²) in [5.41, 5.74) is 0. The highest BCUT2D eigenvalue weighted by Crippen LogP contribution is 2.31. The Labute approximate surface area is 116 Å². The zero-order chi connectivity index (χ0) is 12.7. The predicted octanol–water partition coefficient (Wildman–Crippen LogP) is 2.73. The summed E-state index contributed by atoms with van der Waals surface area (Å²) in [4.78, 5) is 12.5. The van der Waals surface area contributed by atoms with E-state index in [-0.39, 0.29) is 0 Å². The van der Waals surface area contributed by atoms with E-state index in [1.54, 1.807) is 17.7 Å². The summed E-state index contributed by atoms with van der Waals surface area (Å²) in [7, 11) is 0. The molecular weight excluding hydrogens is 256 g/mol. The molecule has 0 aliphatic carbocycles. The van der Waals surface area contributed by atoms with E-state index in [4.69, 9.17) is 0 Å². The van der Waals surface area contributed by atoms with Crippen molar-refractivity contribution in [2.45, 2.75) is 37.8 Å². The van der Waals surface area contributed by atoms with Gasteiger partial charge in [0.2, 0.25) is 0 Å². The molecule has 0 amide bonds. The van der Waals surface area contributed by atoms with E-state index in [2.05, 4.69) is 31.6 Å². The molecular formula is C14H18N4S. The molecule has 4 heterocycles. The van der Waals surface area contributed by atoms with Crippen LogP contribution in [0.1, 0.15) is 25.7 Å². The highest BCUT2D eigenvalue weighted by atomic mass is 32.1. The number of thiophene rings is 1. The van der Waals surface area contributed by atoms with Crippen molar-refractivity contribution in [1.82, 2.24) is 14.9 Å². The normalized spacial score (nSPS) is 27.6. The summed E-state index contributed by atoms with van der Waals surface area (Å²) in [6, 6.07) is 3.38. The first kappa shape index (κ1) is 11.6. The van der Waals surface area contributed by atoms with Crippen molar-refractivity contribution in [3.05, 3.63) is 17.8 Å². The standard InChI is InChI=1S/C14H18N4S/c1-2-6-18-7-4-11(12(18)3-1)17-13-10-5-8-19-14(10)16-9-15-13/h5,8-9,11-12H,1-4,6-7H2,(H,15,16,17)/t11-,12-/m0/s1. The van der Waals surface area contributed by atoms with Crippen molar-refractivity contribution >= 4 is 27.4 Å². The Morgan fingerprint density at radius 3 is 3.21 bits per heavy atom. The van der Waals surface area contributed by atoms with E-state index in [9.17, 15) is 0 Å². The van der Waals surface area contributed by atoms with E-state index in [1.165, 1.54) is 44.2 Å². The smallest absolute Gasteiger partial charge is 0.138 e. The molecule has 2 fully saturated rings. The van der Waals surface area contributed by atoms with Crippen LogP contribution in [0.4, 0.5) is 5.82 Å². The topological polar surface area (TPSA) is 41.1 Å². The Morgan fingerprint density at radius 2 is 2.21 bits per heavy atom. The molecule has 0 aromatic carbocycles. The fraction of sp³-hybridized carbons (Fsp3) is 0.571. The number of hydrogen-bond acceptors (Lipinski definition) is 5. The Morgan fingerprint density at radius 1 is 1.21 bits per heavy atom. The van der Waals surface area contributed by atoms with Crippen LogP contribution in [0, 0.1) is 0 Å². The second-order valence-electron chi connectivity index (χ2n) is 5.50. The van der Waals surface area contributed by atoms with E-state index >= 15 is 0 Å². The molecule has 2 aromatic rings. The van der Waals surface area contributed by atoms with Crippen LogP contribution >= 0.6 is 11.3 Å². The van der Waals surface area contributed by atoms with Crippen molar-refractivity contribution in [3.63, 3.8) is 0 Å². The molecule has 100 valence electrons. The van der Waals surface area contributed by atoms with E-state index < -0.39 is 0 Å². The number of hydrogen-bond donors (Lipinski definition) is 1. The number of nitrogens with one attached hydrogen (secondary N) is 1. The molecule has 0 saturated carbocycles. The van der Waals surface area contributed by atoms with E-state index in [0.717, 1.165) is 10.6 Å². The van der Waals surface area contributed by atoms with Crippen molar-refractivity contribution in [3.8, 4) is 0 Å². The minimum Gasteiger partial charge on any atom is -0.365 e. The summed E-state index contributed by atoms with van der Waals surface area (Å²) < 4.78 is 0. The second kappa shape index (κ2) is 4.72. The molecule has 0 unspecified atom stereocenters. The molecule has 0 spiro atoms. The quantitative estimate of drug-likeness (QED) is 0.914. The van der Waals surface area contributed by atoms with Gasteiger partial charge in [-0.05, 0) is 37.3 Å². The minimum absolute atomic E-state index is 0.554. The van der Waals surface area contributed by atoms with Gasteiger partial charge in [-0.1, -0.05) is 6.42 Å². The molecule has 5 heteroatoms. The fourth-order valence-corrected chi connectivity index (χ4v) is 4.23. The lowest BCUT2D eigenvalue weighted by molar-refractivity contribution is 0.192. The number of anilines is 1. The zero-order valence-corrected chi connectivity index (χ0v) is 11.7. The number of aromatic nitrogens is 2. The molecule has 1 N–H and O–H groups in total. The highest BCUT2D eigenvalue weighted by Gasteiger charge is 2.35. The van der Waals surface area contributed by atoms with E-state index in [0.29, 0.717) is 12.1 Å². The van der Waals surface area contributed by atoms with Crippen molar-refractivity contribution in [2.75, 3.05) is 18.4 Å². The van der Waals surface area contributed by atoms with E-state index in [1.807, 2.05) is 0 Å². The maximum Gasteiger partial charge on any atom is 0.138 e. The molecule has 2 saturated heterocycles. The highest BCUT2D eigenvalue weighted by molar-refractivity contribution is 7.16. The molecule has 2 aliphatic heterocycles. The first-order chi connectivity index (χ1) is 9.42. The SMILES string of the molecule is c1nc(N[C@H]2CCN3CCCC[C@@H]23)c2ccsc2n1. The Balaban J connectivity index is 1.59. The molecule has 4 nitrogen and oxygen atoms in total. The van der Waals surface area contributed by atoms with Gasteiger partial charge in [-0.25, -0.2) is 9.97 Å². The van der Waals surface area contributed by atoms with Gasteiger partial charge < -0.3 is 5.32 Å². The predicted molar refractivity (Wildman–Crippen MR) is 78.7 cm³/mol.